The molecule has 0 aromatic heterocycles. The second-order valence-corrected chi connectivity index (χ2v) is 5.23. The zero-order chi connectivity index (χ0) is 11.6. The normalized spacial score (nSPS) is 26.9. The predicted molar refractivity (Wildman–Crippen MR) is 60.0 cm³/mol. The third-order valence-electron chi connectivity index (χ3n) is 3.06. The number of carboxylic acids is 1. The summed E-state index contributed by atoms with van der Waals surface area (Å²) >= 11 is 0. The van der Waals surface area contributed by atoms with Crippen LogP contribution in [0.3, 0.4) is 0 Å². The lowest BCUT2D eigenvalue weighted by atomic mass is 9.94. The second kappa shape index (κ2) is 4.49. The standard InChI is InChI=1S/C11H22N2O2/c1-8(2)13-6-9(5-10(14)15)12-7-11(13,3)4/h8-9,12H,5-7H2,1-4H3,(H,14,15). The van der Waals surface area contributed by atoms with Crippen molar-refractivity contribution >= 4 is 5.97 Å². The molecule has 2 N–H and O–H groups in total. The minimum atomic E-state index is -0.726. The molecule has 0 aromatic carbocycles. The average molecular weight is 214 g/mol. The smallest absolute Gasteiger partial charge is 0.304 e. The van der Waals surface area contributed by atoms with E-state index in [4.69, 9.17) is 5.11 Å². The fourth-order valence-corrected chi connectivity index (χ4v) is 2.30. The van der Waals surface area contributed by atoms with E-state index in [1.165, 1.54) is 0 Å². The van der Waals surface area contributed by atoms with Gasteiger partial charge < -0.3 is 10.4 Å². The lowest BCUT2D eigenvalue weighted by Crippen LogP contribution is -2.64. The Labute approximate surface area is 91.6 Å². The van der Waals surface area contributed by atoms with Gasteiger partial charge in [-0.15, -0.1) is 0 Å². The van der Waals surface area contributed by atoms with E-state index >= 15 is 0 Å². The largest absolute Gasteiger partial charge is 0.481 e. The molecule has 88 valence electrons. The van der Waals surface area contributed by atoms with E-state index in [0.717, 1.165) is 13.1 Å². The van der Waals surface area contributed by atoms with Crippen molar-refractivity contribution in [1.29, 1.82) is 0 Å². The number of aliphatic carboxylic acids is 1. The topological polar surface area (TPSA) is 52.6 Å². The van der Waals surface area contributed by atoms with Gasteiger partial charge in [-0.3, -0.25) is 9.69 Å². The molecule has 0 saturated carbocycles. The van der Waals surface area contributed by atoms with Crippen LogP contribution < -0.4 is 5.32 Å². The Morgan fingerprint density at radius 3 is 2.67 bits per heavy atom. The van der Waals surface area contributed by atoms with Gasteiger partial charge in [0.1, 0.15) is 0 Å². The molecule has 15 heavy (non-hydrogen) atoms. The molecule has 0 spiro atoms. The maximum absolute atomic E-state index is 10.6. The molecule has 4 heteroatoms. The number of carboxylic acid groups (broad SMARTS) is 1. The summed E-state index contributed by atoms with van der Waals surface area (Å²) < 4.78 is 0. The van der Waals surface area contributed by atoms with Crippen molar-refractivity contribution < 1.29 is 9.90 Å². The van der Waals surface area contributed by atoms with Crippen molar-refractivity contribution in [3.05, 3.63) is 0 Å². The molecule has 0 aliphatic carbocycles. The Balaban J connectivity index is 2.62. The number of hydrogen-bond donors (Lipinski definition) is 2. The van der Waals surface area contributed by atoms with E-state index in [9.17, 15) is 4.79 Å². The zero-order valence-electron chi connectivity index (χ0n) is 10.1. The molecule has 1 aliphatic rings. The van der Waals surface area contributed by atoms with Gasteiger partial charge in [0.25, 0.3) is 0 Å². The maximum atomic E-state index is 10.6. The van der Waals surface area contributed by atoms with Crippen molar-refractivity contribution in [1.82, 2.24) is 10.2 Å². The highest BCUT2D eigenvalue weighted by Crippen LogP contribution is 2.22. The van der Waals surface area contributed by atoms with Crippen LogP contribution in [0.1, 0.15) is 34.1 Å². The monoisotopic (exact) mass is 214 g/mol. The zero-order valence-corrected chi connectivity index (χ0v) is 10.1. The molecule has 4 nitrogen and oxygen atoms in total. The minimum absolute atomic E-state index is 0.0814. The molecule has 1 unspecified atom stereocenters. The van der Waals surface area contributed by atoms with Crippen LogP contribution in [-0.2, 0) is 4.79 Å². The summed E-state index contributed by atoms with van der Waals surface area (Å²) in [4.78, 5) is 13.0. The maximum Gasteiger partial charge on any atom is 0.304 e. The van der Waals surface area contributed by atoms with Crippen molar-refractivity contribution in [2.45, 2.75) is 51.7 Å². The van der Waals surface area contributed by atoms with Gasteiger partial charge in [0.2, 0.25) is 0 Å². The van der Waals surface area contributed by atoms with Gasteiger partial charge in [0.05, 0.1) is 6.42 Å². The first-order valence-electron chi connectivity index (χ1n) is 5.55. The summed E-state index contributed by atoms with van der Waals surface area (Å²) in [5, 5.41) is 12.1. The van der Waals surface area contributed by atoms with Crippen molar-refractivity contribution in [2.24, 2.45) is 0 Å². The van der Waals surface area contributed by atoms with Crippen LogP contribution in [0.2, 0.25) is 0 Å². The predicted octanol–water partition coefficient (Wildman–Crippen LogP) is 0.922. The number of nitrogens with one attached hydrogen (secondary N) is 1. The van der Waals surface area contributed by atoms with Crippen LogP contribution in [0, 0.1) is 0 Å². The Hall–Kier alpha value is -0.610. The van der Waals surface area contributed by atoms with Crippen LogP contribution >= 0.6 is 0 Å². The summed E-state index contributed by atoms with van der Waals surface area (Å²) in [5.74, 6) is -0.726. The first-order valence-corrected chi connectivity index (χ1v) is 5.55. The third-order valence-corrected chi connectivity index (χ3v) is 3.06. The molecule has 0 aromatic rings. The lowest BCUT2D eigenvalue weighted by molar-refractivity contribution is -0.138. The van der Waals surface area contributed by atoms with Crippen LogP contribution in [0.25, 0.3) is 0 Å². The Morgan fingerprint density at radius 2 is 2.20 bits per heavy atom. The number of rotatable bonds is 3. The van der Waals surface area contributed by atoms with Gasteiger partial charge >= 0.3 is 5.97 Å². The van der Waals surface area contributed by atoms with Gasteiger partial charge in [-0.05, 0) is 27.7 Å². The fraction of sp³-hybridized carbons (Fsp3) is 0.909. The average Bonchev–Trinajstić information content (AvgIpc) is 2.06. The van der Waals surface area contributed by atoms with Gasteiger partial charge in [0, 0.05) is 30.7 Å². The highest BCUT2D eigenvalue weighted by molar-refractivity contribution is 5.67. The summed E-state index contributed by atoms with van der Waals surface area (Å²) in [6, 6.07) is 0.538. The third kappa shape index (κ3) is 3.18. The summed E-state index contributed by atoms with van der Waals surface area (Å²) in [5.41, 5.74) is 0.114. The van der Waals surface area contributed by atoms with Crippen LogP contribution in [0.4, 0.5) is 0 Å². The van der Waals surface area contributed by atoms with E-state index in [0.29, 0.717) is 6.04 Å². The molecular weight excluding hydrogens is 192 g/mol. The first-order chi connectivity index (χ1) is 6.83. The quantitative estimate of drug-likeness (QED) is 0.733. The van der Waals surface area contributed by atoms with E-state index in [-0.39, 0.29) is 18.0 Å². The van der Waals surface area contributed by atoms with E-state index in [2.05, 4.69) is 37.9 Å². The number of hydrogen-bond acceptors (Lipinski definition) is 3. The Kier molecular flexibility index (Phi) is 3.73. The SMILES string of the molecule is CC(C)N1CC(CC(=O)O)NCC1(C)C. The van der Waals surface area contributed by atoms with Crippen molar-refractivity contribution in [2.75, 3.05) is 13.1 Å². The molecule has 1 saturated heterocycles. The molecule has 0 amide bonds. The lowest BCUT2D eigenvalue weighted by Gasteiger charge is -2.48. The summed E-state index contributed by atoms with van der Waals surface area (Å²) in [7, 11) is 0. The van der Waals surface area contributed by atoms with Gasteiger partial charge in [-0.2, -0.15) is 0 Å². The van der Waals surface area contributed by atoms with Crippen LogP contribution in [0.5, 0.6) is 0 Å². The van der Waals surface area contributed by atoms with Crippen molar-refractivity contribution in [3.63, 3.8) is 0 Å². The summed E-state index contributed by atoms with van der Waals surface area (Å²) in [6.45, 7) is 10.4. The number of piperazine rings is 1. The fourth-order valence-electron chi connectivity index (χ4n) is 2.30. The number of carbonyl (C=O) groups is 1. The molecule has 0 bridgehead atoms. The van der Waals surface area contributed by atoms with Gasteiger partial charge in [-0.1, -0.05) is 0 Å². The molecule has 1 atom stereocenters. The van der Waals surface area contributed by atoms with E-state index in [1.807, 2.05) is 0 Å². The van der Waals surface area contributed by atoms with Crippen LogP contribution in [0.15, 0.2) is 0 Å². The molecule has 1 heterocycles. The van der Waals surface area contributed by atoms with Gasteiger partial charge in [0.15, 0.2) is 0 Å². The molecule has 0 radical (unpaired) electrons. The highest BCUT2D eigenvalue weighted by atomic mass is 16.4. The molecule has 1 fully saturated rings. The Morgan fingerprint density at radius 1 is 1.60 bits per heavy atom. The molecule has 1 rings (SSSR count). The Bertz CT molecular complexity index is 239. The van der Waals surface area contributed by atoms with E-state index < -0.39 is 5.97 Å². The van der Waals surface area contributed by atoms with Gasteiger partial charge in [-0.25, -0.2) is 0 Å². The van der Waals surface area contributed by atoms with Crippen molar-refractivity contribution in [3.8, 4) is 0 Å². The number of nitrogens with zero attached hydrogens (tertiary/aromatic N) is 1. The second-order valence-electron chi connectivity index (χ2n) is 5.23. The van der Waals surface area contributed by atoms with Crippen LogP contribution in [-0.4, -0.2) is 46.7 Å². The highest BCUT2D eigenvalue weighted by Gasteiger charge is 2.35. The molecule has 1 aliphatic heterocycles. The molecular formula is C11H22N2O2. The summed E-state index contributed by atoms with van der Waals surface area (Å²) in [6.07, 6.45) is 0.208. The van der Waals surface area contributed by atoms with E-state index in [1.54, 1.807) is 0 Å². The first kappa shape index (κ1) is 12.5. The minimum Gasteiger partial charge on any atom is -0.481 e.